The molecule has 22 heavy (non-hydrogen) atoms. The lowest BCUT2D eigenvalue weighted by molar-refractivity contribution is 0.414. The van der Waals surface area contributed by atoms with Gasteiger partial charge in [-0.05, 0) is 59.3 Å². The molecule has 1 unspecified atom stereocenters. The molecule has 0 saturated carbocycles. The zero-order valence-electron chi connectivity index (χ0n) is 12.2. The molecule has 0 spiro atoms. The molecule has 1 heterocycles. The molecule has 1 nitrogen and oxygen atoms in total. The van der Waals surface area contributed by atoms with Crippen LogP contribution in [0.1, 0.15) is 31.2 Å². The van der Waals surface area contributed by atoms with Gasteiger partial charge in [-0.2, -0.15) is 0 Å². The van der Waals surface area contributed by atoms with Crippen molar-refractivity contribution in [3.05, 3.63) is 57.6 Å². The second-order valence-electron chi connectivity index (χ2n) is 5.64. The van der Waals surface area contributed by atoms with Gasteiger partial charge in [0.15, 0.2) is 0 Å². The Kier molecular flexibility index (Phi) is 5.37. The highest BCUT2D eigenvalue weighted by Crippen LogP contribution is 2.35. The Morgan fingerprint density at radius 3 is 2.86 bits per heavy atom. The summed E-state index contributed by atoms with van der Waals surface area (Å²) in [4.78, 5) is 0. The minimum atomic E-state index is -0.409. The highest BCUT2D eigenvalue weighted by molar-refractivity contribution is 9.10. The van der Waals surface area contributed by atoms with Gasteiger partial charge in [0.1, 0.15) is 11.6 Å². The van der Waals surface area contributed by atoms with Gasteiger partial charge in [0.2, 0.25) is 0 Å². The van der Waals surface area contributed by atoms with Crippen molar-refractivity contribution in [1.82, 2.24) is 4.31 Å². The molecule has 1 aliphatic heterocycles. The molecule has 1 fully saturated rings. The summed E-state index contributed by atoms with van der Waals surface area (Å²) < 4.78 is 29.9. The first kappa shape index (κ1) is 16.2. The average molecular weight is 386 g/mol. The summed E-state index contributed by atoms with van der Waals surface area (Å²) in [7, 11) is 0. The number of halogens is 3. The molecule has 1 aromatic carbocycles. The molecule has 1 aliphatic carbocycles. The lowest BCUT2D eigenvalue weighted by atomic mass is 10.0. The minimum absolute atomic E-state index is 0.176. The van der Waals surface area contributed by atoms with Crippen molar-refractivity contribution in [3.8, 4) is 0 Å². The Bertz CT molecular complexity index is 615. The van der Waals surface area contributed by atoms with Gasteiger partial charge in [0.25, 0.3) is 0 Å². The quantitative estimate of drug-likeness (QED) is 0.490. The molecule has 0 radical (unpaired) electrons. The fourth-order valence-corrected chi connectivity index (χ4v) is 4.52. The van der Waals surface area contributed by atoms with E-state index in [0.717, 1.165) is 32.2 Å². The Morgan fingerprint density at radius 1 is 1.23 bits per heavy atom. The number of allylic oxidation sites excluding steroid dienone is 3. The maximum Gasteiger partial charge on any atom is 0.137 e. The van der Waals surface area contributed by atoms with Crippen LogP contribution in [0.25, 0.3) is 0 Å². The Hall–Kier alpha value is -0.650. The lowest BCUT2D eigenvalue weighted by Crippen LogP contribution is -2.28. The predicted molar refractivity (Wildman–Crippen MR) is 91.5 cm³/mol. The van der Waals surface area contributed by atoms with E-state index in [4.69, 9.17) is 0 Å². The number of benzene rings is 1. The molecule has 1 saturated heterocycles. The molecule has 0 amide bonds. The molecule has 2 aliphatic rings. The monoisotopic (exact) mass is 385 g/mol. The standard InChI is InChI=1S/C17H18BrF2NS/c18-14-10-15(19)13(9-16(14)20)11-21-8-4-7-17(22-21)12-5-2-1-3-6-12/h2,5-6,9-10,17H,1,3-4,7-8,11H2. The van der Waals surface area contributed by atoms with Gasteiger partial charge < -0.3 is 0 Å². The fraction of sp³-hybridized carbons (Fsp3) is 0.412. The maximum absolute atomic E-state index is 14.0. The molecule has 1 atom stereocenters. The number of nitrogens with zero attached hydrogens (tertiary/aromatic N) is 1. The molecule has 1 aromatic rings. The zero-order valence-corrected chi connectivity index (χ0v) is 14.6. The van der Waals surface area contributed by atoms with E-state index in [1.807, 2.05) is 0 Å². The SMILES string of the molecule is Fc1cc(CN2CCCC(C3=CCCC=C3)S2)c(F)cc1Br. The first-order valence-corrected chi connectivity index (χ1v) is 9.18. The summed E-state index contributed by atoms with van der Waals surface area (Å²) in [6, 6.07) is 2.51. The third-order valence-electron chi connectivity index (χ3n) is 3.98. The van der Waals surface area contributed by atoms with Crippen molar-refractivity contribution >= 4 is 27.9 Å². The van der Waals surface area contributed by atoms with Gasteiger partial charge in [-0.25, -0.2) is 13.1 Å². The third kappa shape index (κ3) is 3.81. The summed E-state index contributed by atoms with van der Waals surface area (Å²) in [6.45, 7) is 1.35. The largest absolute Gasteiger partial charge is 0.246 e. The summed E-state index contributed by atoms with van der Waals surface area (Å²) in [5.41, 5.74) is 1.80. The molecule has 0 bridgehead atoms. The average Bonchev–Trinajstić information content (AvgIpc) is 2.54. The Balaban J connectivity index is 1.69. The molecular formula is C17H18BrF2NS. The van der Waals surface area contributed by atoms with Gasteiger partial charge in [0, 0.05) is 23.9 Å². The van der Waals surface area contributed by atoms with Gasteiger partial charge in [0.05, 0.1) is 4.47 Å². The van der Waals surface area contributed by atoms with Gasteiger partial charge in [-0.15, -0.1) is 0 Å². The number of hydrogen-bond donors (Lipinski definition) is 0. The zero-order chi connectivity index (χ0) is 15.5. The van der Waals surface area contributed by atoms with Crippen LogP contribution in [0.15, 0.2) is 40.4 Å². The second kappa shape index (κ2) is 7.28. The molecule has 3 rings (SSSR count). The van der Waals surface area contributed by atoms with E-state index in [9.17, 15) is 8.78 Å². The van der Waals surface area contributed by atoms with Gasteiger partial charge in [-0.1, -0.05) is 30.2 Å². The van der Waals surface area contributed by atoms with E-state index in [1.165, 1.54) is 17.7 Å². The van der Waals surface area contributed by atoms with Crippen LogP contribution < -0.4 is 0 Å². The molecular weight excluding hydrogens is 368 g/mol. The smallest absolute Gasteiger partial charge is 0.137 e. The summed E-state index contributed by atoms with van der Waals surface area (Å²) in [6.07, 6.45) is 11.2. The van der Waals surface area contributed by atoms with Crippen molar-refractivity contribution in [2.75, 3.05) is 6.54 Å². The van der Waals surface area contributed by atoms with Crippen molar-refractivity contribution in [2.24, 2.45) is 0 Å². The minimum Gasteiger partial charge on any atom is -0.246 e. The van der Waals surface area contributed by atoms with Crippen LogP contribution in [0.5, 0.6) is 0 Å². The molecule has 0 N–H and O–H groups in total. The normalized spacial score (nSPS) is 22.7. The number of hydrogen-bond acceptors (Lipinski definition) is 2. The first-order chi connectivity index (χ1) is 10.6. The van der Waals surface area contributed by atoms with Crippen LogP contribution in [0, 0.1) is 11.6 Å². The van der Waals surface area contributed by atoms with Crippen molar-refractivity contribution < 1.29 is 8.78 Å². The van der Waals surface area contributed by atoms with E-state index < -0.39 is 5.82 Å². The van der Waals surface area contributed by atoms with E-state index in [-0.39, 0.29) is 10.3 Å². The van der Waals surface area contributed by atoms with E-state index in [0.29, 0.717) is 17.4 Å². The number of rotatable bonds is 3. The van der Waals surface area contributed by atoms with Crippen molar-refractivity contribution in [2.45, 2.75) is 37.5 Å². The van der Waals surface area contributed by atoms with Crippen molar-refractivity contribution in [1.29, 1.82) is 0 Å². The first-order valence-electron chi connectivity index (χ1n) is 7.55. The van der Waals surface area contributed by atoms with Crippen LogP contribution in [-0.2, 0) is 6.54 Å². The Labute approximate surface area is 142 Å². The van der Waals surface area contributed by atoms with Crippen molar-refractivity contribution in [3.63, 3.8) is 0 Å². The third-order valence-corrected chi connectivity index (χ3v) is 5.96. The topological polar surface area (TPSA) is 3.24 Å². The molecule has 0 aromatic heterocycles. The summed E-state index contributed by atoms with van der Waals surface area (Å²) >= 11 is 4.78. The lowest BCUT2D eigenvalue weighted by Gasteiger charge is -2.33. The second-order valence-corrected chi connectivity index (χ2v) is 7.79. The Morgan fingerprint density at radius 2 is 2.09 bits per heavy atom. The molecule has 118 valence electrons. The summed E-state index contributed by atoms with van der Waals surface area (Å²) in [5.74, 6) is -0.763. The van der Waals surface area contributed by atoms with Crippen LogP contribution in [0.3, 0.4) is 0 Å². The van der Waals surface area contributed by atoms with Crippen LogP contribution in [-0.4, -0.2) is 16.1 Å². The predicted octanol–water partition coefficient (Wildman–Crippen LogP) is 5.62. The molecule has 5 heteroatoms. The highest BCUT2D eigenvalue weighted by atomic mass is 79.9. The highest BCUT2D eigenvalue weighted by Gasteiger charge is 2.24. The van der Waals surface area contributed by atoms with E-state index in [2.05, 4.69) is 38.5 Å². The van der Waals surface area contributed by atoms with Crippen LogP contribution >= 0.6 is 27.9 Å². The van der Waals surface area contributed by atoms with Gasteiger partial charge in [-0.3, -0.25) is 0 Å². The van der Waals surface area contributed by atoms with Crippen LogP contribution in [0.4, 0.5) is 8.78 Å². The fourth-order valence-electron chi connectivity index (χ4n) is 2.83. The van der Waals surface area contributed by atoms with Gasteiger partial charge >= 0.3 is 0 Å². The van der Waals surface area contributed by atoms with E-state index >= 15 is 0 Å². The maximum atomic E-state index is 14.0. The summed E-state index contributed by atoms with van der Waals surface area (Å²) in [5, 5.41) is 0.439. The van der Waals surface area contributed by atoms with Crippen LogP contribution in [0.2, 0.25) is 0 Å². The van der Waals surface area contributed by atoms with E-state index in [1.54, 1.807) is 11.9 Å².